The lowest BCUT2D eigenvalue weighted by atomic mass is 10.2. The minimum atomic E-state index is -3.81. The Morgan fingerprint density at radius 1 is 1.06 bits per heavy atom. The van der Waals surface area contributed by atoms with Crippen LogP contribution in [0.5, 0.6) is 11.5 Å². The van der Waals surface area contributed by atoms with Gasteiger partial charge in [-0.2, -0.15) is 4.31 Å². The maximum absolute atomic E-state index is 13.0. The molecule has 1 heterocycles. The van der Waals surface area contributed by atoms with Crippen LogP contribution < -0.4 is 9.47 Å². The van der Waals surface area contributed by atoms with Gasteiger partial charge in [0.1, 0.15) is 16.4 Å². The zero-order chi connectivity index (χ0) is 24.7. The second kappa shape index (κ2) is 11.3. The van der Waals surface area contributed by atoms with Crippen LogP contribution in [0.4, 0.5) is 0 Å². The molecule has 0 aromatic heterocycles. The Hall–Kier alpha value is -3.11. The number of hydrogen-bond acceptors (Lipinski definition) is 7. The molecule has 0 radical (unpaired) electrons. The van der Waals surface area contributed by atoms with E-state index in [1.165, 1.54) is 34.5 Å². The van der Waals surface area contributed by atoms with Crippen molar-refractivity contribution in [2.45, 2.75) is 31.2 Å². The van der Waals surface area contributed by atoms with Crippen molar-refractivity contribution in [3.8, 4) is 11.5 Å². The van der Waals surface area contributed by atoms with E-state index in [1.54, 1.807) is 7.05 Å². The molecule has 0 atom stereocenters. The van der Waals surface area contributed by atoms with E-state index in [-0.39, 0.29) is 22.1 Å². The first-order valence-electron chi connectivity index (χ1n) is 11.1. The fourth-order valence-corrected chi connectivity index (χ4v) is 5.31. The van der Waals surface area contributed by atoms with Crippen LogP contribution in [0.15, 0.2) is 47.4 Å². The SMILES string of the molecule is CCOc1ccc(CN(C)C(=O)COC(=O)c2ccc(OC)c(S(=O)(=O)N3CCCC3)c2)cc1. The number of carbonyl (C=O) groups is 2. The van der Waals surface area contributed by atoms with Gasteiger partial charge in [-0.1, -0.05) is 12.1 Å². The molecule has 1 fully saturated rings. The highest BCUT2D eigenvalue weighted by Crippen LogP contribution is 2.30. The van der Waals surface area contributed by atoms with Crippen molar-refractivity contribution in [2.75, 3.05) is 40.5 Å². The molecule has 2 aromatic carbocycles. The molecule has 0 N–H and O–H groups in total. The molecule has 0 saturated carbocycles. The number of nitrogens with zero attached hydrogens (tertiary/aromatic N) is 2. The lowest BCUT2D eigenvalue weighted by molar-refractivity contribution is -0.133. The van der Waals surface area contributed by atoms with E-state index in [0.29, 0.717) is 26.2 Å². The van der Waals surface area contributed by atoms with Crippen molar-refractivity contribution in [2.24, 2.45) is 0 Å². The molecule has 3 rings (SSSR count). The summed E-state index contributed by atoms with van der Waals surface area (Å²) in [4.78, 5) is 26.4. The van der Waals surface area contributed by atoms with E-state index in [0.717, 1.165) is 24.2 Å². The highest BCUT2D eigenvalue weighted by Gasteiger charge is 2.31. The molecule has 1 aliphatic heterocycles. The quantitative estimate of drug-likeness (QED) is 0.472. The van der Waals surface area contributed by atoms with Gasteiger partial charge in [-0.15, -0.1) is 0 Å². The number of hydrogen-bond donors (Lipinski definition) is 0. The predicted octanol–water partition coefficient (Wildman–Crippen LogP) is 2.69. The molecular weight excluding hydrogens is 460 g/mol. The smallest absolute Gasteiger partial charge is 0.338 e. The molecular formula is C24H30N2O7S. The van der Waals surface area contributed by atoms with Crippen molar-refractivity contribution >= 4 is 21.9 Å². The summed E-state index contributed by atoms with van der Waals surface area (Å²) < 4.78 is 43.2. The third-order valence-corrected chi connectivity index (χ3v) is 7.41. The van der Waals surface area contributed by atoms with Gasteiger partial charge in [0.15, 0.2) is 6.61 Å². The number of rotatable bonds is 10. The predicted molar refractivity (Wildman–Crippen MR) is 125 cm³/mol. The van der Waals surface area contributed by atoms with E-state index in [9.17, 15) is 18.0 Å². The second-order valence-electron chi connectivity index (χ2n) is 7.88. The maximum atomic E-state index is 13.0. The largest absolute Gasteiger partial charge is 0.495 e. The summed E-state index contributed by atoms with van der Waals surface area (Å²) in [5.74, 6) is -0.279. The number of esters is 1. The first kappa shape index (κ1) is 25.5. The normalized spacial score (nSPS) is 14.0. The first-order chi connectivity index (χ1) is 16.3. The highest BCUT2D eigenvalue weighted by atomic mass is 32.2. The van der Waals surface area contributed by atoms with E-state index in [4.69, 9.17) is 14.2 Å². The van der Waals surface area contributed by atoms with Crippen LogP contribution in [-0.2, 0) is 26.1 Å². The van der Waals surface area contributed by atoms with E-state index < -0.39 is 22.6 Å². The Bertz CT molecular complexity index is 1110. The van der Waals surface area contributed by atoms with Gasteiger partial charge < -0.3 is 19.1 Å². The average Bonchev–Trinajstić information content (AvgIpc) is 3.39. The Morgan fingerprint density at radius 2 is 1.74 bits per heavy atom. The van der Waals surface area contributed by atoms with E-state index in [1.807, 2.05) is 31.2 Å². The van der Waals surface area contributed by atoms with Gasteiger partial charge in [0.25, 0.3) is 5.91 Å². The first-order valence-corrected chi connectivity index (χ1v) is 12.5. The Labute approximate surface area is 200 Å². The number of benzene rings is 2. The number of ether oxygens (including phenoxy) is 3. The van der Waals surface area contributed by atoms with Crippen molar-refractivity contribution in [3.05, 3.63) is 53.6 Å². The van der Waals surface area contributed by atoms with Crippen molar-refractivity contribution < 1.29 is 32.2 Å². The zero-order valence-corrected chi connectivity index (χ0v) is 20.5. The lowest BCUT2D eigenvalue weighted by Gasteiger charge is -2.19. The van der Waals surface area contributed by atoms with Gasteiger partial charge >= 0.3 is 5.97 Å². The standard InChI is InChI=1S/C24H30N2O7S/c1-4-32-20-10-7-18(8-11-20)16-25(2)23(27)17-33-24(28)19-9-12-21(31-3)22(15-19)34(29,30)26-13-5-6-14-26/h7-12,15H,4-6,13-14,16-17H2,1-3H3. The van der Waals surface area contributed by atoms with Crippen molar-refractivity contribution in [1.82, 2.24) is 9.21 Å². The van der Waals surface area contributed by atoms with Crippen molar-refractivity contribution in [1.29, 1.82) is 0 Å². The third kappa shape index (κ3) is 6.06. The van der Waals surface area contributed by atoms with Gasteiger partial charge in [-0.25, -0.2) is 13.2 Å². The lowest BCUT2D eigenvalue weighted by Crippen LogP contribution is -2.31. The highest BCUT2D eigenvalue weighted by molar-refractivity contribution is 7.89. The minimum absolute atomic E-state index is 0.0283. The molecule has 34 heavy (non-hydrogen) atoms. The molecule has 1 aliphatic rings. The van der Waals surface area contributed by atoms with Crippen LogP contribution in [0.3, 0.4) is 0 Å². The molecule has 184 valence electrons. The molecule has 0 unspecified atom stereocenters. The number of amides is 1. The monoisotopic (exact) mass is 490 g/mol. The summed E-state index contributed by atoms with van der Waals surface area (Å²) in [6, 6.07) is 11.4. The van der Waals surface area contributed by atoms with Crippen LogP contribution in [0, 0.1) is 0 Å². The molecule has 0 bridgehead atoms. The summed E-state index contributed by atoms with van der Waals surface area (Å²) in [5, 5.41) is 0. The molecule has 1 amide bonds. The summed E-state index contributed by atoms with van der Waals surface area (Å²) in [6.07, 6.45) is 1.57. The Morgan fingerprint density at radius 3 is 2.35 bits per heavy atom. The van der Waals surface area contributed by atoms with Gasteiger partial charge in [0.05, 0.1) is 19.3 Å². The molecule has 0 aliphatic carbocycles. The number of methoxy groups -OCH3 is 1. The molecule has 1 saturated heterocycles. The van der Waals surface area contributed by atoms with Crippen molar-refractivity contribution in [3.63, 3.8) is 0 Å². The van der Waals surface area contributed by atoms with Crippen LogP contribution in [0.25, 0.3) is 0 Å². The maximum Gasteiger partial charge on any atom is 0.338 e. The van der Waals surface area contributed by atoms with Crippen LogP contribution in [0.2, 0.25) is 0 Å². The Kier molecular flexibility index (Phi) is 8.51. The summed E-state index contributed by atoms with van der Waals surface area (Å²) in [6.45, 7) is 3.20. The molecule has 0 spiro atoms. The van der Waals surface area contributed by atoms with Crippen LogP contribution in [0.1, 0.15) is 35.7 Å². The number of carbonyl (C=O) groups excluding carboxylic acids is 2. The van der Waals surface area contributed by atoms with E-state index >= 15 is 0 Å². The number of likely N-dealkylation sites (N-methyl/N-ethyl adjacent to an activating group) is 1. The molecule has 10 heteroatoms. The third-order valence-electron chi connectivity index (χ3n) is 5.49. The van der Waals surface area contributed by atoms with Gasteiger partial charge in [0, 0.05) is 26.7 Å². The fourth-order valence-electron chi connectivity index (χ4n) is 3.61. The number of sulfonamides is 1. The van der Waals surface area contributed by atoms with Crippen LogP contribution >= 0.6 is 0 Å². The topological polar surface area (TPSA) is 102 Å². The summed E-state index contributed by atoms with van der Waals surface area (Å²) in [7, 11) is -0.825. The fraction of sp³-hybridized carbons (Fsp3) is 0.417. The average molecular weight is 491 g/mol. The van der Waals surface area contributed by atoms with Gasteiger partial charge in [-0.05, 0) is 55.7 Å². The van der Waals surface area contributed by atoms with Crippen LogP contribution in [-0.4, -0.2) is 70.0 Å². The second-order valence-corrected chi connectivity index (χ2v) is 9.79. The van der Waals surface area contributed by atoms with Gasteiger partial charge in [-0.3, -0.25) is 4.79 Å². The summed E-state index contributed by atoms with van der Waals surface area (Å²) in [5.41, 5.74) is 0.929. The summed E-state index contributed by atoms with van der Waals surface area (Å²) >= 11 is 0. The minimum Gasteiger partial charge on any atom is -0.495 e. The zero-order valence-electron chi connectivity index (χ0n) is 19.7. The van der Waals surface area contributed by atoms with E-state index in [2.05, 4.69) is 0 Å². The molecule has 9 nitrogen and oxygen atoms in total. The Balaban J connectivity index is 1.63. The molecule has 2 aromatic rings. The van der Waals surface area contributed by atoms with Gasteiger partial charge in [0.2, 0.25) is 10.0 Å².